The van der Waals surface area contributed by atoms with E-state index in [2.05, 4.69) is 40.6 Å². The van der Waals surface area contributed by atoms with Gasteiger partial charge in [-0.3, -0.25) is 5.10 Å². The van der Waals surface area contributed by atoms with Crippen molar-refractivity contribution in [2.75, 3.05) is 5.32 Å². The minimum absolute atomic E-state index is 0.864. The maximum Gasteiger partial charge on any atom is 0.0671 e. The Morgan fingerprint density at radius 1 is 1.29 bits per heavy atom. The van der Waals surface area contributed by atoms with Crippen LogP contribution in [0.15, 0.2) is 36.5 Å². The van der Waals surface area contributed by atoms with Crippen LogP contribution in [0.25, 0.3) is 10.9 Å². The first kappa shape index (κ1) is 10.4. The van der Waals surface area contributed by atoms with Crippen LogP contribution >= 0.6 is 11.3 Å². The van der Waals surface area contributed by atoms with Crippen molar-refractivity contribution in [2.45, 2.75) is 13.5 Å². The summed E-state index contributed by atoms with van der Waals surface area (Å²) < 4.78 is 0. The molecule has 0 aliphatic rings. The molecule has 0 aliphatic heterocycles. The van der Waals surface area contributed by atoms with Crippen LogP contribution < -0.4 is 5.32 Å². The van der Waals surface area contributed by atoms with Crippen LogP contribution in [0.5, 0.6) is 0 Å². The highest BCUT2D eigenvalue weighted by Crippen LogP contribution is 2.23. The number of H-pyrrole nitrogens is 1. The van der Waals surface area contributed by atoms with Gasteiger partial charge in [0.2, 0.25) is 0 Å². The molecule has 0 unspecified atom stereocenters. The van der Waals surface area contributed by atoms with Crippen molar-refractivity contribution in [3.63, 3.8) is 0 Å². The smallest absolute Gasteiger partial charge is 0.0671 e. The highest BCUT2D eigenvalue weighted by molar-refractivity contribution is 7.11. The summed E-state index contributed by atoms with van der Waals surface area (Å²) in [7, 11) is 0. The summed E-state index contributed by atoms with van der Waals surface area (Å²) in [4.78, 5) is 2.70. The number of fused-ring (bicyclic) bond motifs is 1. The standard InChI is InChI=1S/C13H13N3S/c1-9-5-6-10(17-9)7-14-12-3-2-4-13-11(12)8-15-16-13/h2-6,8,14H,7H2,1H3,(H,15,16). The Balaban J connectivity index is 1.83. The highest BCUT2D eigenvalue weighted by Gasteiger charge is 2.02. The molecule has 0 saturated heterocycles. The maximum absolute atomic E-state index is 4.06. The molecular weight excluding hydrogens is 230 g/mol. The van der Waals surface area contributed by atoms with E-state index < -0.39 is 0 Å². The van der Waals surface area contributed by atoms with Gasteiger partial charge in [0.1, 0.15) is 0 Å². The Labute approximate surface area is 103 Å². The topological polar surface area (TPSA) is 40.7 Å². The molecule has 0 saturated carbocycles. The van der Waals surface area contributed by atoms with E-state index in [0.29, 0.717) is 0 Å². The Hall–Kier alpha value is -1.81. The minimum atomic E-state index is 0.864. The fourth-order valence-electron chi connectivity index (χ4n) is 1.88. The fraction of sp³-hybridized carbons (Fsp3) is 0.154. The van der Waals surface area contributed by atoms with Crippen LogP contribution in [0.4, 0.5) is 5.69 Å². The number of aromatic nitrogens is 2. The molecule has 3 rings (SSSR count). The average molecular weight is 243 g/mol. The van der Waals surface area contributed by atoms with Crippen LogP contribution in [0.1, 0.15) is 9.75 Å². The average Bonchev–Trinajstić information content (AvgIpc) is 2.94. The van der Waals surface area contributed by atoms with Crippen molar-refractivity contribution >= 4 is 27.9 Å². The van der Waals surface area contributed by atoms with Gasteiger partial charge in [-0.15, -0.1) is 11.3 Å². The molecule has 1 aromatic carbocycles. The van der Waals surface area contributed by atoms with E-state index in [0.717, 1.165) is 23.1 Å². The van der Waals surface area contributed by atoms with Crippen LogP contribution in [0.3, 0.4) is 0 Å². The Kier molecular flexibility index (Phi) is 2.57. The third-order valence-electron chi connectivity index (χ3n) is 2.73. The molecule has 0 radical (unpaired) electrons. The van der Waals surface area contributed by atoms with Gasteiger partial charge in [0, 0.05) is 27.4 Å². The molecule has 0 spiro atoms. The number of aromatic amines is 1. The van der Waals surface area contributed by atoms with Gasteiger partial charge < -0.3 is 5.32 Å². The third-order valence-corrected chi connectivity index (χ3v) is 3.73. The van der Waals surface area contributed by atoms with Crippen molar-refractivity contribution in [3.05, 3.63) is 46.3 Å². The van der Waals surface area contributed by atoms with E-state index in [1.165, 1.54) is 9.75 Å². The van der Waals surface area contributed by atoms with E-state index in [4.69, 9.17) is 0 Å². The lowest BCUT2D eigenvalue weighted by Crippen LogP contribution is -1.97. The number of hydrogen-bond donors (Lipinski definition) is 2. The van der Waals surface area contributed by atoms with Crippen LogP contribution in [-0.2, 0) is 6.54 Å². The largest absolute Gasteiger partial charge is 0.380 e. The van der Waals surface area contributed by atoms with Gasteiger partial charge >= 0.3 is 0 Å². The summed E-state index contributed by atoms with van der Waals surface area (Å²) in [6, 6.07) is 10.5. The van der Waals surface area contributed by atoms with Gasteiger partial charge in [-0.1, -0.05) is 6.07 Å². The number of thiophene rings is 1. The second kappa shape index (κ2) is 4.22. The quantitative estimate of drug-likeness (QED) is 0.738. The van der Waals surface area contributed by atoms with Gasteiger partial charge in [-0.25, -0.2) is 0 Å². The molecule has 0 aliphatic carbocycles. The molecule has 2 N–H and O–H groups in total. The molecule has 17 heavy (non-hydrogen) atoms. The maximum atomic E-state index is 4.06. The monoisotopic (exact) mass is 243 g/mol. The first-order valence-electron chi connectivity index (χ1n) is 5.54. The number of hydrogen-bond acceptors (Lipinski definition) is 3. The molecule has 0 fully saturated rings. The molecule has 3 aromatic rings. The summed E-state index contributed by atoms with van der Waals surface area (Å²) in [6.07, 6.45) is 1.86. The lowest BCUT2D eigenvalue weighted by molar-refractivity contribution is 1.12. The zero-order valence-electron chi connectivity index (χ0n) is 9.53. The first-order chi connectivity index (χ1) is 8.33. The molecule has 2 aromatic heterocycles. The Morgan fingerprint density at radius 2 is 2.24 bits per heavy atom. The van der Waals surface area contributed by atoms with Crippen LogP contribution in [0.2, 0.25) is 0 Å². The molecule has 4 heteroatoms. The number of nitrogens with one attached hydrogen (secondary N) is 2. The molecule has 86 valence electrons. The SMILES string of the molecule is Cc1ccc(CNc2cccc3[nH]ncc23)s1. The van der Waals surface area contributed by atoms with Gasteiger partial charge in [0.15, 0.2) is 0 Å². The summed E-state index contributed by atoms with van der Waals surface area (Å²) in [5.41, 5.74) is 2.19. The second-order valence-electron chi connectivity index (χ2n) is 4.00. The zero-order chi connectivity index (χ0) is 11.7. The Bertz CT molecular complexity index is 639. The van der Waals surface area contributed by atoms with Gasteiger partial charge in [0.05, 0.1) is 11.7 Å². The number of rotatable bonds is 3. The number of aryl methyl sites for hydroxylation is 1. The molecule has 0 amide bonds. The van der Waals surface area contributed by atoms with Crippen LogP contribution in [-0.4, -0.2) is 10.2 Å². The minimum Gasteiger partial charge on any atom is -0.380 e. The third kappa shape index (κ3) is 2.03. The first-order valence-corrected chi connectivity index (χ1v) is 6.36. The Morgan fingerprint density at radius 3 is 3.06 bits per heavy atom. The van der Waals surface area contributed by atoms with Crippen molar-refractivity contribution in [1.82, 2.24) is 10.2 Å². The van der Waals surface area contributed by atoms with E-state index in [9.17, 15) is 0 Å². The molecular formula is C13H13N3S. The van der Waals surface area contributed by atoms with E-state index in [-0.39, 0.29) is 0 Å². The number of nitrogens with zero attached hydrogens (tertiary/aromatic N) is 1. The lowest BCUT2D eigenvalue weighted by Gasteiger charge is -2.05. The van der Waals surface area contributed by atoms with Crippen molar-refractivity contribution < 1.29 is 0 Å². The molecule has 0 atom stereocenters. The molecule has 0 bridgehead atoms. The predicted molar refractivity (Wildman–Crippen MR) is 72.5 cm³/mol. The van der Waals surface area contributed by atoms with E-state index in [1.54, 1.807) is 0 Å². The summed E-state index contributed by atoms with van der Waals surface area (Å²) in [5, 5.41) is 11.6. The van der Waals surface area contributed by atoms with Crippen molar-refractivity contribution in [1.29, 1.82) is 0 Å². The van der Waals surface area contributed by atoms with Crippen molar-refractivity contribution in [2.24, 2.45) is 0 Å². The highest BCUT2D eigenvalue weighted by atomic mass is 32.1. The lowest BCUT2D eigenvalue weighted by atomic mass is 10.2. The van der Waals surface area contributed by atoms with Gasteiger partial charge in [-0.05, 0) is 31.2 Å². The van der Waals surface area contributed by atoms with Crippen molar-refractivity contribution in [3.8, 4) is 0 Å². The predicted octanol–water partition coefficient (Wildman–Crippen LogP) is 3.54. The zero-order valence-corrected chi connectivity index (χ0v) is 10.3. The normalized spacial score (nSPS) is 10.9. The van der Waals surface area contributed by atoms with Crippen LogP contribution in [0, 0.1) is 6.92 Å². The summed E-state index contributed by atoms with van der Waals surface area (Å²) in [5.74, 6) is 0. The fourth-order valence-corrected chi connectivity index (χ4v) is 2.71. The van der Waals surface area contributed by atoms with Gasteiger partial charge in [0.25, 0.3) is 0 Å². The van der Waals surface area contributed by atoms with E-state index in [1.807, 2.05) is 29.7 Å². The molecule has 2 heterocycles. The summed E-state index contributed by atoms with van der Waals surface area (Å²) in [6.45, 7) is 2.99. The number of anilines is 1. The van der Waals surface area contributed by atoms with E-state index >= 15 is 0 Å². The number of benzene rings is 1. The molecule has 3 nitrogen and oxygen atoms in total. The van der Waals surface area contributed by atoms with Gasteiger partial charge in [-0.2, -0.15) is 5.10 Å². The second-order valence-corrected chi connectivity index (χ2v) is 5.38. The summed E-state index contributed by atoms with van der Waals surface area (Å²) >= 11 is 1.83.